The fraction of sp³-hybridized carbons (Fsp3) is 0.857. The average Bonchev–Trinajstić information content (AvgIpc) is 2.47. The zero-order chi connectivity index (χ0) is 12.9. The number of rotatable bonds is 2. The molecule has 0 aromatic carbocycles. The molecule has 0 aromatic heterocycles. The topological polar surface area (TPSA) is 33.4 Å². The van der Waals surface area contributed by atoms with Gasteiger partial charge in [-0.05, 0) is 25.7 Å². The Morgan fingerprint density at radius 1 is 0.611 bits per heavy atom. The minimum Gasteiger partial charge on any atom is -0.283 e. The average molecular weight is 244 g/mol. The normalized spacial score (nSPS) is 26.3. The summed E-state index contributed by atoms with van der Waals surface area (Å²) in [5.41, 5.74) is -1.29. The molecule has 0 unspecified atom stereocenters. The molecular weight excluding hydrogens is 224 g/mol. The lowest BCUT2D eigenvalue weighted by Gasteiger charge is -2.24. The quantitative estimate of drug-likeness (QED) is 0.502. The Labute approximate surface area is 109 Å². The third kappa shape index (κ3) is 2.70. The lowest BCUT2D eigenvalue weighted by Crippen LogP contribution is -2.29. The Bertz CT molecular complexity index is 349. The number of hydrogen-bond acceptors (Lipinski definition) is 2. The first kappa shape index (κ1) is 13.0. The molecule has 2 saturated carbocycles. The molecule has 96 valence electrons. The molecule has 0 N–H and O–H groups in total. The second-order valence-corrected chi connectivity index (χ2v) is 5.51. The highest BCUT2D eigenvalue weighted by Gasteiger charge is 2.43. The van der Waals surface area contributed by atoms with Gasteiger partial charge in [0, 0.05) is 25.7 Å². The van der Waals surface area contributed by atoms with E-state index < -0.39 is 11.3 Å². The predicted octanol–water partition coefficient (Wildman–Crippen LogP) is 4.60. The second-order valence-electron chi connectivity index (χ2n) is 5.51. The van der Waals surface area contributed by atoms with Crippen LogP contribution < -0.4 is 0 Å². The second kappa shape index (κ2) is 5.48. The maximum Gasteiger partial charge on any atom is 0.340 e. The smallest absolute Gasteiger partial charge is 0.283 e. The Morgan fingerprint density at radius 3 is 1.22 bits per heavy atom. The van der Waals surface area contributed by atoms with Crippen molar-refractivity contribution in [2.75, 3.05) is 0 Å². The van der Waals surface area contributed by atoms with E-state index in [1.165, 1.54) is 12.8 Å². The fourth-order valence-electron chi connectivity index (χ4n) is 2.89. The molecule has 0 saturated heterocycles. The summed E-state index contributed by atoms with van der Waals surface area (Å²) in [6.07, 6.45) is 9.89. The first-order valence-corrected chi connectivity index (χ1v) is 6.96. The van der Waals surface area contributed by atoms with Crippen molar-refractivity contribution in [3.63, 3.8) is 0 Å². The van der Waals surface area contributed by atoms with Crippen molar-refractivity contribution in [3.05, 3.63) is 22.8 Å². The SMILES string of the molecule is [C-]#[N+]C1(/N=N/C2([N+]#[C-])CCCCC2)CCCCC1. The molecule has 2 aliphatic rings. The van der Waals surface area contributed by atoms with E-state index in [4.69, 9.17) is 13.1 Å². The van der Waals surface area contributed by atoms with Gasteiger partial charge in [0.1, 0.15) is 0 Å². The Morgan fingerprint density at radius 2 is 0.944 bits per heavy atom. The van der Waals surface area contributed by atoms with Gasteiger partial charge in [0.25, 0.3) is 0 Å². The van der Waals surface area contributed by atoms with Gasteiger partial charge >= 0.3 is 11.3 Å². The van der Waals surface area contributed by atoms with Crippen LogP contribution in [0.2, 0.25) is 0 Å². The molecular formula is C14H20N4. The first-order chi connectivity index (χ1) is 8.74. The summed E-state index contributed by atoms with van der Waals surface area (Å²) in [4.78, 5) is 7.43. The summed E-state index contributed by atoms with van der Waals surface area (Å²) in [6.45, 7) is 14.8. The summed E-state index contributed by atoms with van der Waals surface area (Å²) in [6, 6.07) is 0. The zero-order valence-corrected chi connectivity index (χ0v) is 10.9. The maximum absolute atomic E-state index is 7.38. The van der Waals surface area contributed by atoms with Crippen LogP contribution in [-0.4, -0.2) is 11.3 Å². The van der Waals surface area contributed by atoms with E-state index in [-0.39, 0.29) is 0 Å². The third-order valence-corrected chi connectivity index (χ3v) is 4.15. The van der Waals surface area contributed by atoms with Gasteiger partial charge in [0.2, 0.25) is 0 Å². The highest BCUT2D eigenvalue weighted by atomic mass is 15.3. The van der Waals surface area contributed by atoms with Crippen molar-refractivity contribution in [2.45, 2.75) is 75.5 Å². The monoisotopic (exact) mass is 244 g/mol. The van der Waals surface area contributed by atoms with Gasteiger partial charge in [-0.2, -0.15) is 0 Å². The van der Waals surface area contributed by atoms with Crippen LogP contribution in [0.3, 0.4) is 0 Å². The molecule has 0 heterocycles. The standard InChI is InChI=1S/C14H20N4/c1-15-13(9-5-3-6-10-13)17-18-14(16-2)11-7-4-8-12-14/h3-12H2/b18-17+. The van der Waals surface area contributed by atoms with Crippen molar-refractivity contribution in [2.24, 2.45) is 10.2 Å². The summed E-state index contributed by atoms with van der Waals surface area (Å²) >= 11 is 0. The molecule has 4 heteroatoms. The summed E-state index contributed by atoms with van der Waals surface area (Å²) < 4.78 is 0. The van der Waals surface area contributed by atoms with Crippen LogP contribution in [0, 0.1) is 13.1 Å². The van der Waals surface area contributed by atoms with Crippen molar-refractivity contribution in [1.29, 1.82) is 0 Å². The molecule has 0 atom stereocenters. The van der Waals surface area contributed by atoms with Crippen LogP contribution in [0.15, 0.2) is 10.2 Å². The van der Waals surface area contributed by atoms with Crippen LogP contribution in [-0.2, 0) is 0 Å². The van der Waals surface area contributed by atoms with Crippen LogP contribution in [0.5, 0.6) is 0 Å². The molecule has 0 radical (unpaired) electrons. The van der Waals surface area contributed by atoms with E-state index in [0.717, 1.165) is 51.4 Å². The van der Waals surface area contributed by atoms with E-state index in [1.807, 2.05) is 0 Å². The molecule has 2 rings (SSSR count). The van der Waals surface area contributed by atoms with Crippen molar-refractivity contribution in [3.8, 4) is 0 Å². The summed E-state index contributed by atoms with van der Waals surface area (Å²) in [7, 11) is 0. The van der Waals surface area contributed by atoms with Crippen LogP contribution in [0.4, 0.5) is 0 Å². The Balaban J connectivity index is 2.12. The number of azo groups is 1. The molecule has 0 aromatic rings. The van der Waals surface area contributed by atoms with Crippen molar-refractivity contribution >= 4 is 0 Å². The van der Waals surface area contributed by atoms with Gasteiger partial charge in [-0.3, -0.25) is 9.69 Å². The molecule has 4 nitrogen and oxygen atoms in total. The summed E-state index contributed by atoms with van der Waals surface area (Å²) in [5, 5.41) is 8.71. The van der Waals surface area contributed by atoms with Gasteiger partial charge in [-0.15, -0.1) is 0 Å². The lowest BCUT2D eigenvalue weighted by molar-refractivity contribution is 0.298. The van der Waals surface area contributed by atoms with Gasteiger partial charge in [-0.25, -0.2) is 13.1 Å². The molecule has 18 heavy (non-hydrogen) atoms. The Hall–Kier alpha value is -1.42. The minimum atomic E-state index is -0.645. The number of hydrogen-bond donors (Lipinski definition) is 0. The minimum absolute atomic E-state index is 0.645. The maximum atomic E-state index is 7.38. The van der Waals surface area contributed by atoms with Crippen molar-refractivity contribution in [1.82, 2.24) is 0 Å². The van der Waals surface area contributed by atoms with E-state index in [9.17, 15) is 0 Å². The zero-order valence-electron chi connectivity index (χ0n) is 10.9. The van der Waals surface area contributed by atoms with Crippen LogP contribution in [0.1, 0.15) is 64.2 Å². The molecule has 0 bridgehead atoms. The molecule has 0 amide bonds. The largest absolute Gasteiger partial charge is 0.340 e. The van der Waals surface area contributed by atoms with Gasteiger partial charge in [-0.1, -0.05) is 23.1 Å². The number of nitrogens with zero attached hydrogens (tertiary/aromatic N) is 4. The molecule has 0 spiro atoms. The predicted molar refractivity (Wildman–Crippen MR) is 69.7 cm³/mol. The highest BCUT2D eigenvalue weighted by molar-refractivity contribution is 5.01. The Kier molecular flexibility index (Phi) is 3.97. The fourth-order valence-corrected chi connectivity index (χ4v) is 2.89. The van der Waals surface area contributed by atoms with E-state index >= 15 is 0 Å². The van der Waals surface area contributed by atoms with Gasteiger partial charge < -0.3 is 0 Å². The molecule has 2 aliphatic carbocycles. The third-order valence-electron chi connectivity index (χ3n) is 4.15. The van der Waals surface area contributed by atoms with Crippen molar-refractivity contribution < 1.29 is 0 Å². The van der Waals surface area contributed by atoms with Gasteiger partial charge in [0.05, 0.1) is 0 Å². The van der Waals surface area contributed by atoms with Crippen LogP contribution >= 0.6 is 0 Å². The lowest BCUT2D eigenvalue weighted by atomic mass is 9.89. The van der Waals surface area contributed by atoms with Gasteiger partial charge in [0.15, 0.2) is 0 Å². The van der Waals surface area contributed by atoms with E-state index in [1.54, 1.807) is 0 Å². The van der Waals surface area contributed by atoms with Crippen LogP contribution in [0.25, 0.3) is 9.69 Å². The summed E-state index contributed by atoms with van der Waals surface area (Å²) in [5.74, 6) is 0. The molecule has 0 aliphatic heterocycles. The van der Waals surface area contributed by atoms with E-state index in [0.29, 0.717) is 0 Å². The first-order valence-electron chi connectivity index (χ1n) is 6.96. The molecule has 2 fully saturated rings. The van der Waals surface area contributed by atoms with E-state index in [2.05, 4.69) is 19.9 Å². The highest BCUT2D eigenvalue weighted by Crippen LogP contribution is 2.38.